The lowest BCUT2D eigenvalue weighted by molar-refractivity contribution is 0.265. The van der Waals surface area contributed by atoms with Crippen molar-refractivity contribution in [3.8, 4) is 11.5 Å². The molecule has 112 valence electrons. The molecule has 1 saturated carbocycles. The van der Waals surface area contributed by atoms with E-state index in [4.69, 9.17) is 21.1 Å². The van der Waals surface area contributed by atoms with Crippen molar-refractivity contribution in [2.24, 2.45) is 5.41 Å². The van der Waals surface area contributed by atoms with Crippen molar-refractivity contribution >= 4 is 27.5 Å². The molecule has 0 bridgehead atoms. The molecule has 1 atom stereocenters. The molecule has 0 aliphatic heterocycles. The molecule has 20 heavy (non-hydrogen) atoms. The summed E-state index contributed by atoms with van der Waals surface area (Å²) in [6.07, 6.45) is 6.03. The fourth-order valence-electron chi connectivity index (χ4n) is 3.28. The Labute approximate surface area is 134 Å². The Kier molecular flexibility index (Phi) is 5.25. The van der Waals surface area contributed by atoms with Gasteiger partial charge in [0.15, 0.2) is 0 Å². The van der Waals surface area contributed by atoms with Crippen LogP contribution in [0.2, 0.25) is 0 Å². The average Bonchev–Trinajstić information content (AvgIpc) is 2.96. The number of rotatable bonds is 5. The molecule has 0 amide bonds. The van der Waals surface area contributed by atoms with E-state index in [0.29, 0.717) is 0 Å². The predicted octanol–water partition coefficient (Wildman–Crippen LogP) is 5.72. The molecule has 1 aliphatic carbocycles. The molecular weight excluding hydrogens is 340 g/mol. The zero-order valence-electron chi connectivity index (χ0n) is 12.3. The van der Waals surface area contributed by atoms with Crippen molar-refractivity contribution in [1.82, 2.24) is 0 Å². The maximum absolute atomic E-state index is 6.88. The Morgan fingerprint density at radius 2 is 1.80 bits per heavy atom. The lowest BCUT2D eigenvalue weighted by atomic mass is 9.77. The van der Waals surface area contributed by atoms with Crippen LogP contribution in [0.1, 0.15) is 50.0 Å². The monoisotopic (exact) mass is 360 g/mol. The summed E-state index contributed by atoms with van der Waals surface area (Å²) in [5.41, 5.74) is 1.23. The summed E-state index contributed by atoms with van der Waals surface area (Å²) < 4.78 is 11.8. The highest BCUT2D eigenvalue weighted by atomic mass is 79.9. The third-order valence-electron chi connectivity index (χ3n) is 4.62. The second-order valence-electron chi connectivity index (χ2n) is 5.51. The molecule has 0 aromatic heterocycles. The van der Waals surface area contributed by atoms with Gasteiger partial charge < -0.3 is 9.47 Å². The number of alkyl halides is 1. The molecule has 2 nitrogen and oxygen atoms in total. The van der Waals surface area contributed by atoms with Crippen LogP contribution in [0.15, 0.2) is 16.6 Å². The van der Waals surface area contributed by atoms with E-state index in [9.17, 15) is 0 Å². The molecule has 2 rings (SSSR count). The van der Waals surface area contributed by atoms with Crippen LogP contribution >= 0.6 is 27.5 Å². The SMILES string of the molecule is CCC1(C(Cl)c2cc(OC)c(Br)cc2OC)CCCC1. The van der Waals surface area contributed by atoms with Crippen LogP contribution in [0.25, 0.3) is 0 Å². The van der Waals surface area contributed by atoms with Crippen LogP contribution < -0.4 is 9.47 Å². The van der Waals surface area contributed by atoms with Crippen molar-refractivity contribution < 1.29 is 9.47 Å². The van der Waals surface area contributed by atoms with Gasteiger partial charge in [-0.3, -0.25) is 0 Å². The van der Waals surface area contributed by atoms with Crippen molar-refractivity contribution in [1.29, 1.82) is 0 Å². The first kappa shape index (κ1) is 16.0. The summed E-state index contributed by atoms with van der Waals surface area (Å²) in [6.45, 7) is 2.24. The molecule has 0 heterocycles. The molecule has 4 heteroatoms. The number of ether oxygens (including phenoxy) is 2. The normalized spacial score (nSPS) is 18.9. The molecule has 0 saturated heterocycles. The highest BCUT2D eigenvalue weighted by molar-refractivity contribution is 9.10. The summed E-state index contributed by atoms with van der Waals surface area (Å²) in [6, 6.07) is 3.96. The molecular formula is C16H22BrClO2. The molecule has 1 unspecified atom stereocenters. The number of benzene rings is 1. The van der Waals surface area contributed by atoms with E-state index in [0.717, 1.165) is 28.0 Å². The molecule has 0 spiro atoms. The third-order valence-corrected chi connectivity index (χ3v) is 5.94. The van der Waals surface area contributed by atoms with Gasteiger partial charge in [-0.25, -0.2) is 0 Å². The minimum atomic E-state index is -0.0352. The lowest BCUT2D eigenvalue weighted by Gasteiger charge is -2.34. The van der Waals surface area contributed by atoms with Gasteiger partial charge in [-0.2, -0.15) is 0 Å². The summed E-state index contributed by atoms with van der Waals surface area (Å²) in [5, 5.41) is -0.0352. The van der Waals surface area contributed by atoms with Crippen LogP contribution in [0.5, 0.6) is 11.5 Å². The van der Waals surface area contributed by atoms with E-state index in [1.54, 1.807) is 14.2 Å². The van der Waals surface area contributed by atoms with Crippen LogP contribution in [0.3, 0.4) is 0 Å². The van der Waals surface area contributed by atoms with Crippen molar-refractivity contribution in [2.45, 2.75) is 44.4 Å². The Morgan fingerprint density at radius 3 is 2.30 bits per heavy atom. The van der Waals surface area contributed by atoms with Crippen LogP contribution in [0, 0.1) is 5.41 Å². The Morgan fingerprint density at radius 1 is 1.20 bits per heavy atom. The van der Waals surface area contributed by atoms with E-state index in [2.05, 4.69) is 22.9 Å². The van der Waals surface area contributed by atoms with Gasteiger partial charge in [0, 0.05) is 5.56 Å². The Balaban J connectivity index is 2.44. The largest absolute Gasteiger partial charge is 0.496 e. The predicted molar refractivity (Wildman–Crippen MR) is 87.0 cm³/mol. The third kappa shape index (κ3) is 2.80. The van der Waals surface area contributed by atoms with Gasteiger partial charge in [-0.1, -0.05) is 19.8 Å². The molecule has 1 fully saturated rings. The number of halogens is 2. The van der Waals surface area contributed by atoms with Gasteiger partial charge in [0.25, 0.3) is 0 Å². The lowest BCUT2D eigenvalue weighted by Crippen LogP contribution is -2.22. The zero-order valence-corrected chi connectivity index (χ0v) is 14.7. The first-order valence-electron chi connectivity index (χ1n) is 7.13. The minimum Gasteiger partial charge on any atom is -0.496 e. The van der Waals surface area contributed by atoms with Gasteiger partial charge in [-0.15, -0.1) is 11.6 Å². The molecule has 0 radical (unpaired) electrons. The second kappa shape index (κ2) is 6.57. The van der Waals surface area contributed by atoms with Gasteiger partial charge in [-0.05, 0) is 52.7 Å². The van der Waals surface area contributed by atoms with E-state index >= 15 is 0 Å². The van der Waals surface area contributed by atoms with E-state index in [-0.39, 0.29) is 10.8 Å². The Bertz CT molecular complexity index is 470. The molecule has 0 N–H and O–H groups in total. The van der Waals surface area contributed by atoms with Crippen LogP contribution in [0.4, 0.5) is 0 Å². The van der Waals surface area contributed by atoms with Crippen LogP contribution in [-0.4, -0.2) is 14.2 Å². The topological polar surface area (TPSA) is 18.5 Å². The highest BCUT2D eigenvalue weighted by Crippen LogP contribution is 2.55. The molecule has 1 aliphatic rings. The van der Waals surface area contributed by atoms with Gasteiger partial charge in [0.1, 0.15) is 11.5 Å². The maximum atomic E-state index is 6.88. The maximum Gasteiger partial charge on any atom is 0.133 e. The number of hydrogen-bond donors (Lipinski definition) is 0. The summed E-state index contributed by atoms with van der Waals surface area (Å²) >= 11 is 10.4. The molecule has 1 aromatic carbocycles. The van der Waals surface area contributed by atoms with Gasteiger partial charge >= 0.3 is 0 Å². The second-order valence-corrected chi connectivity index (χ2v) is 6.81. The number of methoxy groups -OCH3 is 2. The highest BCUT2D eigenvalue weighted by Gasteiger charge is 2.41. The minimum absolute atomic E-state index is 0.0352. The molecule has 1 aromatic rings. The standard InChI is InChI=1S/C16H22BrClO2/c1-4-16(7-5-6-8-16)15(18)11-9-14(20-3)12(17)10-13(11)19-2/h9-10,15H,4-8H2,1-3H3. The number of hydrogen-bond acceptors (Lipinski definition) is 2. The van der Waals surface area contributed by atoms with Crippen LogP contribution in [-0.2, 0) is 0 Å². The van der Waals surface area contributed by atoms with E-state index in [1.165, 1.54) is 25.7 Å². The smallest absolute Gasteiger partial charge is 0.133 e. The zero-order chi connectivity index (χ0) is 14.8. The van der Waals surface area contributed by atoms with Crippen molar-refractivity contribution in [3.63, 3.8) is 0 Å². The Hall–Kier alpha value is -0.410. The summed E-state index contributed by atoms with van der Waals surface area (Å²) in [4.78, 5) is 0. The average molecular weight is 362 g/mol. The first-order chi connectivity index (χ1) is 9.57. The van der Waals surface area contributed by atoms with Crippen molar-refractivity contribution in [3.05, 3.63) is 22.2 Å². The summed E-state index contributed by atoms with van der Waals surface area (Å²) in [7, 11) is 3.36. The quantitative estimate of drug-likeness (QED) is 0.625. The summed E-state index contributed by atoms with van der Waals surface area (Å²) in [5.74, 6) is 1.63. The van der Waals surface area contributed by atoms with Gasteiger partial charge in [0.05, 0.1) is 24.1 Å². The first-order valence-corrected chi connectivity index (χ1v) is 8.36. The van der Waals surface area contributed by atoms with E-state index in [1.807, 2.05) is 12.1 Å². The fraction of sp³-hybridized carbons (Fsp3) is 0.625. The van der Waals surface area contributed by atoms with E-state index < -0.39 is 0 Å². The van der Waals surface area contributed by atoms with Crippen molar-refractivity contribution in [2.75, 3.05) is 14.2 Å². The fourth-order valence-corrected chi connectivity index (χ4v) is 4.30. The van der Waals surface area contributed by atoms with Gasteiger partial charge in [0.2, 0.25) is 0 Å².